The van der Waals surface area contributed by atoms with E-state index in [0.29, 0.717) is 19.4 Å². The van der Waals surface area contributed by atoms with Gasteiger partial charge in [0.05, 0.1) is 13.0 Å². The summed E-state index contributed by atoms with van der Waals surface area (Å²) in [5.74, 6) is 0.888. The number of nitrogens with zero attached hydrogens (tertiary/aromatic N) is 1. The zero-order valence-electron chi connectivity index (χ0n) is 13.5. The van der Waals surface area contributed by atoms with E-state index >= 15 is 0 Å². The number of methoxy groups -OCH3 is 1. The molecule has 0 unspecified atom stereocenters. The van der Waals surface area contributed by atoms with Gasteiger partial charge in [0.25, 0.3) is 0 Å². The summed E-state index contributed by atoms with van der Waals surface area (Å²) in [6.07, 6.45) is 1.88. The van der Waals surface area contributed by atoms with E-state index in [4.69, 9.17) is 4.74 Å². The van der Waals surface area contributed by atoms with Gasteiger partial charge in [-0.2, -0.15) is 0 Å². The molecule has 5 heteroatoms. The van der Waals surface area contributed by atoms with Gasteiger partial charge < -0.3 is 15.0 Å². The molecule has 1 aromatic carbocycles. The Morgan fingerprint density at radius 3 is 2.64 bits per heavy atom. The van der Waals surface area contributed by atoms with Crippen LogP contribution >= 0.6 is 0 Å². The van der Waals surface area contributed by atoms with Crippen LogP contribution in [0.5, 0.6) is 5.75 Å². The Labute approximate surface area is 131 Å². The molecule has 1 N–H and O–H groups in total. The minimum Gasteiger partial charge on any atom is -0.497 e. The van der Waals surface area contributed by atoms with Crippen LogP contribution in [0.1, 0.15) is 25.3 Å². The molecule has 1 aliphatic heterocycles. The van der Waals surface area contributed by atoms with Gasteiger partial charge in [-0.15, -0.1) is 0 Å². The number of hydrogen-bond donors (Lipinski definition) is 1. The summed E-state index contributed by atoms with van der Waals surface area (Å²) in [7, 11) is 3.49. The second-order valence-corrected chi connectivity index (χ2v) is 5.89. The Morgan fingerprint density at radius 2 is 2.09 bits per heavy atom. The van der Waals surface area contributed by atoms with Gasteiger partial charge in [0.2, 0.25) is 11.8 Å². The number of benzene rings is 1. The van der Waals surface area contributed by atoms with E-state index in [-0.39, 0.29) is 23.8 Å². The van der Waals surface area contributed by atoms with Crippen molar-refractivity contribution in [2.75, 3.05) is 20.7 Å². The molecule has 1 fully saturated rings. The molecular weight excluding hydrogens is 280 g/mol. The molecule has 0 saturated carbocycles. The van der Waals surface area contributed by atoms with Gasteiger partial charge in [-0.25, -0.2) is 0 Å². The fourth-order valence-corrected chi connectivity index (χ4v) is 2.69. The largest absolute Gasteiger partial charge is 0.497 e. The van der Waals surface area contributed by atoms with Gasteiger partial charge in [0, 0.05) is 26.1 Å². The lowest BCUT2D eigenvalue weighted by atomic mass is 9.96. The summed E-state index contributed by atoms with van der Waals surface area (Å²) >= 11 is 0. The van der Waals surface area contributed by atoms with Gasteiger partial charge in [0.1, 0.15) is 5.75 Å². The maximum atomic E-state index is 12.5. The zero-order chi connectivity index (χ0) is 16.1. The third-order valence-electron chi connectivity index (χ3n) is 4.31. The third kappa shape index (κ3) is 4.00. The molecule has 22 heavy (non-hydrogen) atoms. The molecule has 1 heterocycles. The standard InChI is InChI=1S/C17H24N2O3/c1-12(10-13-4-7-15(22-3)8-5-13)19(2)17(21)14-6-9-16(20)18-11-14/h4-5,7-8,12,14H,6,9-11H2,1-3H3,(H,18,20)/t12-,14-/m1/s1. The summed E-state index contributed by atoms with van der Waals surface area (Å²) in [4.78, 5) is 25.5. The molecule has 120 valence electrons. The van der Waals surface area contributed by atoms with E-state index in [0.717, 1.165) is 12.2 Å². The fraction of sp³-hybridized carbons (Fsp3) is 0.529. The molecule has 2 rings (SSSR count). The average molecular weight is 304 g/mol. The van der Waals surface area contributed by atoms with Crippen molar-refractivity contribution in [2.24, 2.45) is 5.92 Å². The topological polar surface area (TPSA) is 58.6 Å². The number of nitrogens with one attached hydrogen (secondary N) is 1. The Balaban J connectivity index is 1.91. The van der Waals surface area contributed by atoms with Crippen molar-refractivity contribution in [3.8, 4) is 5.75 Å². The molecule has 1 aromatic rings. The van der Waals surface area contributed by atoms with Crippen molar-refractivity contribution in [3.63, 3.8) is 0 Å². The summed E-state index contributed by atoms with van der Waals surface area (Å²) in [5.41, 5.74) is 1.17. The Hall–Kier alpha value is -2.04. The first kappa shape index (κ1) is 16.3. The molecule has 0 spiro atoms. The first-order valence-electron chi connectivity index (χ1n) is 7.67. The van der Waals surface area contributed by atoms with Crippen LogP contribution in [0.2, 0.25) is 0 Å². The highest BCUT2D eigenvalue weighted by Crippen LogP contribution is 2.18. The maximum absolute atomic E-state index is 12.5. The second-order valence-electron chi connectivity index (χ2n) is 5.89. The Kier molecular flexibility index (Phi) is 5.41. The molecule has 0 radical (unpaired) electrons. The van der Waals surface area contributed by atoms with Crippen LogP contribution in [0.15, 0.2) is 24.3 Å². The number of amides is 2. The van der Waals surface area contributed by atoms with Gasteiger partial charge in [-0.3, -0.25) is 9.59 Å². The average Bonchev–Trinajstić information content (AvgIpc) is 2.55. The minimum atomic E-state index is -0.0963. The van der Waals surface area contributed by atoms with Crippen molar-refractivity contribution in [1.82, 2.24) is 10.2 Å². The third-order valence-corrected chi connectivity index (χ3v) is 4.31. The van der Waals surface area contributed by atoms with Gasteiger partial charge in [-0.1, -0.05) is 12.1 Å². The van der Waals surface area contributed by atoms with Crippen LogP contribution in [0.3, 0.4) is 0 Å². The Morgan fingerprint density at radius 1 is 1.41 bits per heavy atom. The van der Waals surface area contributed by atoms with Gasteiger partial charge in [-0.05, 0) is 37.5 Å². The predicted molar refractivity (Wildman–Crippen MR) is 84.7 cm³/mol. The molecule has 2 amide bonds. The SMILES string of the molecule is COc1ccc(C[C@@H](C)N(C)C(=O)[C@@H]2CCC(=O)NC2)cc1. The van der Waals surface area contributed by atoms with E-state index in [2.05, 4.69) is 5.32 Å². The highest BCUT2D eigenvalue weighted by Gasteiger charge is 2.28. The summed E-state index contributed by atoms with van der Waals surface area (Å²) in [6.45, 7) is 2.50. The second kappa shape index (κ2) is 7.29. The number of carbonyl (C=O) groups excluding carboxylic acids is 2. The fourth-order valence-electron chi connectivity index (χ4n) is 2.69. The van der Waals surface area contributed by atoms with Crippen LogP contribution in [0.25, 0.3) is 0 Å². The smallest absolute Gasteiger partial charge is 0.227 e. The first-order chi connectivity index (χ1) is 10.5. The van der Waals surface area contributed by atoms with E-state index in [1.807, 2.05) is 38.2 Å². The van der Waals surface area contributed by atoms with Crippen LogP contribution < -0.4 is 10.1 Å². The zero-order valence-corrected chi connectivity index (χ0v) is 13.5. The van der Waals surface area contributed by atoms with Crippen molar-refractivity contribution in [3.05, 3.63) is 29.8 Å². The highest BCUT2D eigenvalue weighted by molar-refractivity contribution is 5.83. The summed E-state index contributed by atoms with van der Waals surface area (Å²) in [5, 5.41) is 2.77. The quantitative estimate of drug-likeness (QED) is 0.899. The van der Waals surface area contributed by atoms with Crippen molar-refractivity contribution in [2.45, 2.75) is 32.2 Å². The van der Waals surface area contributed by atoms with E-state index < -0.39 is 0 Å². The number of likely N-dealkylation sites (N-methyl/N-ethyl adjacent to an activating group) is 1. The lowest BCUT2D eigenvalue weighted by Crippen LogP contribution is -2.46. The van der Waals surface area contributed by atoms with E-state index in [1.165, 1.54) is 5.56 Å². The molecule has 0 aromatic heterocycles. The molecule has 1 saturated heterocycles. The summed E-state index contributed by atoms with van der Waals surface area (Å²) < 4.78 is 5.15. The number of carbonyl (C=O) groups is 2. The van der Waals surface area contributed by atoms with Crippen molar-refractivity contribution in [1.29, 1.82) is 0 Å². The molecular formula is C17H24N2O3. The normalized spacial score (nSPS) is 19.2. The lowest BCUT2D eigenvalue weighted by molar-refractivity contribution is -0.137. The van der Waals surface area contributed by atoms with Crippen LogP contribution in [0, 0.1) is 5.92 Å². The number of hydrogen-bond acceptors (Lipinski definition) is 3. The van der Waals surface area contributed by atoms with Crippen molar-refractivity contribution >= 4 is 11.8 Å². The molecule has 0 aliphatic carbocycles. The number of piperidine rings is 1. The summed E-state index contributed by atoms with van der Waals surface area (Å²) in [6, 6.07) is 8.02. The monoisotopic (exact) mass is 304 g/mol. The lowest BCUT2D eigenvalue weighted by Gasteiger charge is -2.31. The molecule has 1 aliphatic rings. The van der Waals surface area contributed by atoms with Crippen LogP contribution in [-0.2, 0) is 16.0 Å². The molecule has 5 nitrogen and oxygen atoms in total. The molecule has 2 atom stereocenters. The highest BCUT2D eigenvalue weighted by atomic mass is 16.5. The minimum absolute atomic E-state index is 0.0398. The van der Waals surface area contributed by atoms with Crippen molar-refractivity contribution < 1.29 is 14.3 Å². The molecule has 0 bridgehead atoms. The van der Waals surface area contributed by atoms with E-state index in [1.54, 1.807) is 12.0 Å². The number of rotatable bonds is 5. The van der Waals surface area contributed by atoms with E-state index in [9.17, 15) is 9.59 Å². The Bertz CT molecular complexity index is 517. The van der Waals surface area contributed by atoms with Gasteiger partial charge >= 0.3 is 0 Å². The predicted octanol–water partition coefficient (Wildman–Crippen LogP) is 1.61. The first-order valence-corrected chi connectivity index (χ1v) is 7.67. The van der Waals surface area contributed by atoms with Crippen LogP contribution in [0.4, 0.5) is 0 Å². The number of ether oxygens (including phenoxy) is 1. The maximum Gasteiger partial charge on any atom is 0.227 e. The van der Waals surface area contributed by atoms with Crippen LogP contribution in [-0.4, -0.2) is 43.5 Å². The van der Waals surface area contributed by atoms with Gasteiger partial charge in [0.15, 0.2) is 0 Å².